The molecule has 0 aliphatic carbocycles. The van der Waals surface area contributed by atoms with Crippen molar-refractivity contribution < 1.29 is 30.9 Å². The lowest BCUT2D eigenvalue weighted by molar-refractivity contribution is -0.117. The highest BCUT2D eigenvalue weighted by molar-refractivity contribution is 7.91. The Balaban J connectivity index is 2.10. The quantitative estimate of drug-likeness (QED) is 0.206. The van der Waals surface area contributed by atoms with Crippen LogP contribution in [0, 0.1) is 0 Å². The average molecular weight is 457 g/mol. The lowest BCUT2D eigenvalue weighted by atomic mass is 10.1. The molecular weight excluding hydrogens is 436 g/mol. The first kappa shape index (κ1) is 23.4. The molecule has 13 heteroatoms. The fraction of sp³-hybridized carbons (Fsp3) is 0.235. The van der Waals surface area contributed by atoms with Crippen molar-refractivity contribution >= 4 is 42.9 Å². The molecule has 2 aromatic rings. The van der Waals surface area contributed by atoms with Crippen molar-refractivity contribution in [2.45, 2.75) is 11.3 Å². The third-order valence-corrected chi connectivity index (χ3v) is 5.86. The summed E-state index contributed by atoms with van der Waals surface area (Å²) in [7, 11) is -8.06. The van der Waals surface area contributed by atoms with E-state index in [2.05, 4.69) is 15.0 Å². The van der Waals surface area contributed by atoms with Gasteiger partial charge in [0.15, 0.2) is 15.8 Å². The number of azo groups is 1. The molecular formula is C17H20N4O7S2. The molecule has 0 saturated heterocycles. The Morgan fingerprint density at radius 3 is 2.30 bits per heavy atom. The Bertz CT molecular complexity index is 1150. The van der Waals surface area contributed by atoms with Crippen LogP contribution >= 0.6 is 0 Å². The lowest BCUT2D eigenvalue weighted by Gasteiger charge is -2.06. The maximum absolute atomic E-state index is 12.2. The predicted octanol–water partition coefficient (Wildman–Crippen LogP) is 1.35. The smallest absolute Gasteiger partial charge is 0.289 e. The Hall–Kier alpha value is -2.87. The van der Waals surface area contributed by atoms with Crippen molar-refractivity contribution in [2.24, 2.45) is 16.0 Å². The zero-order valence-corrected chi connectivity index (χ0v) is 17.3. The Labute approximate surface area is 173 Å². The van der Waals surface area contributed by atoms with Crippen molar-refractivity contribution in [1.29, 1.82) is 0 Å². The summed E-state index contributed by atoms with van der Waals surface area (Å²) in [6.07, 6.45) is -0.0593. The zero-order valence-electron chi connectivity index (χ0n) is 15.6. The van der Waals surface area contributed by atoms with Gasteiger partial charge in [0.1, 0.15) is 5.69 Å². The summed E-state index contributed by atoms with van der Waals surface area (Å²) in [6.45, 7) is -0.403. The highest BCUT2D eigenvalue weighted by Crippen LogP contribution is 2.29. The van der Waals surface area contributed by atoms with E-state index in [1.165, 1.54) is 24.3 Å². The molecule has 0 fully saturated rings. The molecule has 11 nitrogen and oxygen atoms in total. The van der Waals surface area contributed by atoms with E-state index in [1.807, 2.05) is 0 Å². The van der Waals surface area contributed by atoms with Gasteiger partial charge in [-0.1, -0.05) is 12.1 Å². The van der Waals surface area contributed by atoms with E-state index >= 15 is 0 Å². The van der Waals surface area contributed by atoms with Gasteiger partial charge in [-0.2, -0.15) is 13.5 Å². The van der Waals surface area contributed by atoms with Gasteiger partial charge in [-0.05, 0) is 35.9 Å². The number of primary amides is 1. The van der Waals surface area contributed by atoms with E-state index in [0.717, 1.165) is 0 Å². The normalized spacial score (nSPS) is 12.3. The van der Waals surface area contributed by atoms with E-state index < -0.39 is 44.2 Å². The number of carbonyl (C=O) groups excluding carboxylic acids is 1. The molecule has 0 atom stereocenters. The van der Waals surface area contributed by atoms with Gasteiger partial charge in [-0.3, -0.25) is 9.35 Å². The predicted molar refractivity (Wildman–Crippen MR) is 109 cm³/mol. The second-order valence-corrected chi connectivity index (χ2v) is 9.63. The monoisotopic (exact) mass is 456 g/mol. The van der Waals surface area contributed by atoms with Gasteiger partial charge in [0, 0.05) is 0 Å². The van der Waals surface area contributed by atoms with E-state index in [-0.39, 0.29) is 11.3 Å². The van der Waals surface area contributed by atoms with Gasteiger partial charge in [0.2, 0.25) is 5.91 Å². The molecule has 0 radical (unpaired) electrons. The van der Waals surface area contributed by atoms with E-state index in [1.54, 1.807) is 18.2 Å². The number of carbonyl (C=O) groups is 1. The number of nitrogens with zero attached hydrogens (tertiary/aromatic N) is 2. The van der Waals surface area contributed by atoms with Crippen LogP contribution < -0.4 is 11.5 Å². The lowest BCUT2D eigenvalue weighted by Crippen LogP contribution is -2.16. The molecule has 0 spiro atoms. The molecule has 0 saturated carbocycles. The fourth-order valence-electron chi connectivity index (χ4n) is 2.34. The summed E-state index contributed by atoms with van der Waals surface area (Å²) in [5, 5.41) is 8.06. The molecule has 5 N–H and O–H groups in total. The second kappa shape index (κ2) is 9.75. The summed E-state index contributed by atoms with van der Waals surface area (Å²) in [4.78, 5) is 11.2. The number of hydrogen-bond donors (Lipinski definition) is 3. The molecule has 0 aromatic heterocycles. The maximum atomic E-state index is 12.2. The summed E-state index contributed by atoms with van der Waals surface area (Å²) >= 11 is 0. The van der Waals surface area contributed by atoms with E-state index in [4.69, 9.17) is 16.0 Å². The number of nitrogen functional groups attached to an aromatic ring is 1. The number of ether oxygens (including phenoxy) is 1. The second-order valence-electron chi connectivity index (χ2n) is 6.12. The van der Waals surface area contributed by atoms with Gasteiger partial charge in [0.25, 0.3) is 10.1 Å². The van der Waals surface area contributed by atoms with Crippen molar-refractivity contribution in [3.8, 4) is 0 Å². The summed E-state index contributed by atoms with van der Waals surface area (Å²) in [5.41, 5.74) is 12.5. The summed E-state index contributed by atoms with van der Waals surface area (Å²) in [5.74, 6) is -2.00. The van der Waals surface area contributed by atoms with Crippen LogP contribution in [0.25, 0.3) is 0 Å². The molecule has 2 rings (SSSR count). The van der Waals surface area contributed by atoms with Crippen LogP contribution in [0.1, 0.15) is 5.56 Å². The third-order valence-electron chi connectivity index (χ3n) is 3.71. The highest BCUT2D eigenvalue weighted by atomic mass is 32.2. The minimum Gasteiger partial charge on any atom is -0.397 e. The Morgan fingerprint density at radius 1 is 1.03 bits per heavy atom. The third kappa shape index (κ3) is 7.18. The summed E-state index contributed by atoms with van der Waals surface area (Å²) < 4.78 is 58.7. The van der Waals surface area contributed by atoms with Crippen LogP contribution in [-0.2, 0) is 35.9 Å². The number of hydrogen-bond acceptors (Lipinski definition) is 9. The summed E-state index contributed by atoms with van der Waals surface area (Å²) in [6, 6.07) is 10.4. The molecule has 2 aromatic carbocycles. The van der Waals surface area contributed by atoms with Gasteiger partial charge in [-0.25, -0.2) is 8.42 Å². The standard InChI is InChI=1S/C17H20N4O7S2/c18-15-3-1-2-12(10-16(19)22)17(15)21-20-13-4-6-14(7-5-13)29(23,24)9-8-28-11-30(25,26)27/h1-7H,8-11,18H2,(H2,19,22)(H,25,26,27). The minimum atomic E-state index is -4.33. The van der Waals surface area contributed by atoms with Gasteiger partial charge in [-0.15, -0.1) is 5.11 Å². The number of amides is 1. The van der Waals surface area contributed by atoms with E-state index in [0.29, 0.717) is 22.6 Å². The fourth-order valence-corrected chi connectivity index (χ4v) is 3.79. The first-order chi connectivity index (χ1) is 14.0. The minimum absolute atomic E-state index is 0.0226. The molecule has 0 heterocycles. The van der Waals surface area contributed by atoms with Crippen LogP contribution in [0.3, 0.4) is 0 Å². The average Bonchev–Trinajstić information content (AvgIpc) is 2.64. The van der Waals surface area contributed by atoms with Crippen molar-refractivity contribution in [2.75, 3.05) is 24.0 Å². The first-order valence-corrected chi connectivity index (χ1v) is 11.7. The molecule has 0 aliphatic rings. The van der Waals surface area contributed by atoms with E-state index in [9.17, 15) is 21.6 Å². The molecule has 30 heavy (non-hydrogen) atoms. The number of anilines is 1. The Morgan fingerprint density at radius 2 is 1.70 bits per heavy atom. The highest BCUT2D eigenvalue weighted by Gasteiger charge is 2.15. The first-order valence-electron chi connectivity index (χ1n) is 8.41. The van der Waals surface area contributed by atoms with Crippen LogP contribution in [0.5, 0.6) is 0 Å². The number of sulfone groups is 1. The molecule has 1 amide bonds. The Kier molecular flexibility index (Phi) is 7.61. The van der Waals surface area contributed by atoms with Gasteiger partial charge >= 0.3 is 0 Å². The van der Waals surface area contributed by atoms with Crippen LogP contribution in [0.2, 0.25) is 0 Å². The molecule has 0 bridgehead atoms. The van der Waals surface area contributed by atoms with Crippen molar-refractivity contribution in [3.05, 3.63) is 48.0 Å². The van der Waals surface area contributed by atoms with Crippen molar-refractivity contribution in [1.82, 2.24) is 0 Å². The van der Waals surface area contributed by atoms with Crippen molar-refractivity contribution in [3.63, 3.8) is 0 Å². The largest absolute Gasteiger partial charge is 0.397 e. The molecule has 162 valence electrons. The van der Waals surface area contributed by atoms with Crippen LogP contribution in [0.4, 0.5) is 17.1 Å². The van der Waals surface area contributed by atoms with Gasteiger partial charge < -0.3 is 16.2 Å². The van der Waals surface area contributed by atoms with Gasteiger partial charge in [0.05, 0.1) is 35.1 Å². The van der Waals surface area contributed by atoms with Crippen LogP contribution in [0.15, 0.2) is 57.6 Å². The SMILES string of the molecule is NC(=O)Cc1cccc(N)c1N=Nc1ccc(S(=O)(=O)CCOCS(=O)(=O)O)cc1. The molecule has 0 unspecified atom stereocenters. The molecule has 0 aliphatic heterocycles. The number of nitrogens with two attached hydrogens (primary N) is 2. The van der Waals surface area contributed by atoms with Crippen LogP contribution in [-0.4, -0.2) is 45.6 Å². The number of benzene rings is 2. The topological polar surface area (TPSA) is 192 Å². The number of rotatable bonds is 10. The zero-order chi connectivity index (χ0) is 22.4. The maximum Gasteiger partial charge on any atom is 0.289 e.